The SMILES string of the molecule is CO/N=C(\Cc1ccc(F)cc1)c1ccc(F)cc1. The van der Waals surface area contributed by atoms with Gasteiger partial charge in [-0.1, -0.05) is 29.4 Å². The van der Waals surface area contributed by atoms with Crippen molar-refractivity contribution < 1.29 is 13.6 Å². The van der Waals surface area contributed by atoms with Crippen LogP contribution in [0.2, 0.25) is 0 Å². The van der Waals surface area contributed by atoms with Crippen LogP contribution in [-0.4, -0.2) is 12.8 Å². The van der Waals surface area contributed by atoms with Crippen molar-refractivity contribution in [3.63, 3.8) is 0 Å². The fourth-order valence-electron chi connectivity index (χ4n) is 1.74. The van der Waals surface area contributed by atoms with Gasteiger partial charge in [0, 0.05) is 6.42 Å². The van der Waals surface area contributed by atoms with E-state index in [9.17, 15) is 8.78 Å². The predicted octanol–water partition coefficient (Wildman–Crippen LogP) is 3.56. The van der Waals surface area contributed by atoms with Crippen molar-refractivity contribution in [3.05, 3.63) is 71.3 Å². The summed E-state index contributed by atoms with van der Waals surface area (Å²) in [6.45, 7) is 0. The Hall–Kier alpha value is -2.23. The molecule has 0 bridgehead atoms. The summed E-state index contributed by atoms with van der Waals surface area (Å²) < 4.78 is 25.7. The summed E-state index contributed by atoms with van der Waals surface area (Å²) in [6, 6.07) is 12.2. The topological polar surface area (TPSA) is 21.6 Å². The lowest BCUT2D eigenvalue weighted by Gasteiger charge is -2.06. The Balaban J connectivity index is 2.24. The van der Waals surface area contributed by atoms with Gasteiger partial charge in [-0.25, -0.2) is 8.78 Å². The molecule has 4 heteroatoms. The minimum absolute atomic E-state index is 0.282. The number of halogens is 2. The number of hydrogen-bond donors (Lipinski definition) is 0. The molecule has 2 aromatic carbocycles. The molecule has 0 radical (unpaired) electrons. The minimum Gasteiger partial charge on any atom is -0.399 e. The third-order valence-electron chi connectivity index (χ3n) is 2.66. The molecular weight excluding hydrogens is 248 g/mol. The maximum absolute atomic E-state index is 12.9. The molecule has 0 heterocycles. The maximum atomic E-state index is 12.9. The number of benzene rings is 2. The number of rotatable bonds is 4. The van der Waals surface area contributed by atoms with Crippen molar-refractivity contribution in [1.82, 2.24) is 0 Å². The van der Waals surface area contributed by atoms with Gasteiger partial charge in [-0.2, -0.15) is 0 Å². The van der Waals surface area contributed by atoms with Gasteiger partial charge in [-0.05, 0) is 35.4 Å². The Morgan fingerprint density at radius 1 is 0.947 bits per heavy atom. The Bertz CT molecular complexity index is 562. The highest BCUT2D eigenvalue weighted by atomic mass is 19.1. The summed E-state index contributed by atoms with van der Waals surface area (Å²) in [5.74, 6) is -0.585. The molecule has 0 atom stereocenters. The summed E-state index contributed by atoms with van der Waals surface area (Å²) in [7, 11) is 1.45. The maximum Gasteiger partial charge on any atom is 0.123 e. The minimum atomic E-state index is -0.303. The second kappa shape index (κ2) is 6.09. The second-order valence-corrected chi connectivity index (χ2v) is 4.03. The smallest absolute Gasteiger partial charge is 0.123 e. The van der Waals surface area contributed by atoms with Crippen molar-refractivity contribution in [2.75, 3.05) is 7.11 Å². The first kappa shape index (κ1) is 13.2. The van der Waals surface area contributed by atoms with Gasteiger partial charge in [0.05, 0.1) is 5.71 Å². The van der Waals surface area contributed by atoms with Gasteiger partial charge in [0.25, 0.3) is 0 Å². The van der Waals surface area contributed by atoms with Crippen molar-refractivity contribution in [2.45, 2.75) is 6.42 Å². The lowest BCUT2D eigenvalue weighted by Crippen LogP contribution is -2.06. The molecule has 0 aliphatic rings. The second-order valence-electron chi connectivity index (χ2n) is 4.03. The molecule has 2 nitrogen and oxygen atoms in total. The third kappa shape index (κ3) is 3.61. The first-order chi connectivity index (χ1) is 9.19. The summed E-state index contributed by atoms with van der Waals surface area (Å²) in [6.07, 6.45) is 0.486. The Kier molecular flexibility index (Phi) is 4.23. The van der Waals surface area contributed by atoms with Crippen molar-refractivity contribution >= 4 is 5.71 Å². The van der Waals surface area contributed by atoms with Gasteiger partial charge >= 0.3 is 0 Å². The monoisotopic (exact) mass is 261 g/mol. The molecule has 0 unspecified atom stereocenters. The fourth-order valence-corrected chi connectivity index (χ4v) is 1.74. The number of nitrogens with zero attached hydrogens (tertiary/aromatic N) is 1. The lowest BCUT2D eigenvalue weighted by molar-refractivity contribution is 0.213. The van der Waals surface area contributed by atoms with Gasteiger partial charge in [0.2, 0.25) is 0 Å². The molecule has 0 aromatic heterocycles. The van der Waals surface area contributed by atoms with Crippen molar-refractivity contribution in [2.24, 2.45) is 5.16 Å². The molecule has 0 aliphatic carbocycles. The van der Waals surface area contributed by atoms with E-state index >= 15 is 0 Å². The molecule has 0 fully saturated rings. The van der Waals surface area contributed by atoms with Gasteiger partial charge in [-0.3, -0.25) is 0 Å². The Morgan fingerprint density at radius 2 is 1.47 bits per heavy atom. The molecule has 0 saturated carbocycles. The van der Waals surface area contributed by atoms with Crippen LogP contribution in [0.15, 0.2) is 53.7 Å². The van der Waals surface area contributed by atoms with Crippen LogP contribution in [0.1, 0.15) is 11.1 Å². The summed E-state index contributed by atoms with van der Waals surface area (Å²) >= 11 is 0. The van der Waals surface area contributed by atoms with Gasteiger partial charge < -0.3 is 4.84 Å². The molecule has 19 heavy (non-hydrogen) atoms. The zero-order valence-corrected chi connectivity index (χ0v) is 10.4. The quantitative estimate of drug-likeness (QED) is 0.609. The summed E-state index contributed by atoms with van der Waals surface area (Å²) in [5, 5.41) is 3.94. The summed E-state index contributed by atoms with van der Waals surface area (Å²) in [5.41, 5.74) is 2.34. The standard InChI is InChI=1S/C15H13F2NO/c1-19-18-15(12-4-8-14(17)9-5-12)10-11-2-6-13(16)7-3-11/h2-9H,10H2,1H3/b18-15+. The molecule has 2 rings (SSSR count). The highest BCUT2D eigenvalue weighted by molar-refractivity contribution is 6.01. The largest absolute Gasteiger partial charge is 0.399 e. The third-order valence-corrected chi connectivity index (χ3v) is 2.66. The van der Waals surface area contributed by atoms with E-state index in [-0.39, 0.29) is 11.6 Å². The highest BCUT2D eigenvalue weighted by Crippen LogP contribution is 2.11. The fraction of sp³-hybridized carbons (Fsp3) is 0.133. The Labute approximate surface area is 110 Å². The van der Waals surface area contributed by atoms with Crippen LogP contribution in [0.25, 0.3) is 0 Å². The number of hydrogen-bond acceptors (Lipinski definition) is 2. The lowest BCUT2D eigenvalue weighted by atomic mass is 10.0. The van der Waals surface area contributed by atoms with Gasteiger partial charge in [0.15, 0.2) is 0 Å². The van der Waals surface area contributed by atoms with Crippen molar-refractivity contribution in [3.8, 4) is 0 Å². The average Bonchev–Trinajstić information content (AvgIpc) is 2.42. The van der Waals surface area contributed by atoms with Crippen LogP contribution in [0.4, 0.5) is 8.78 Å². The summed E-state index contributed by atoms with van der Waals surface area (Å²) in [4.78, 5) is 4.80. The zero-order chi connectivity index (χ0) is 13.7. The van der Waals surface area contributed by atoms with Crippen LogP contribution in [-0.2, 0) is 11.3 Å². The van der Waals surface area contributed by atoms with Crippen LogP contribution in [0, 0.1) is 11.6 Å². The zero-order valence-electron chi connectivity index (χ0n) is 10.4. The van der Waals surface area contributed by atoms with Crippen LogP contribution in [0.3, 0.4) is 0 Å². The molecule has 0 amide bonds. The van der Waals surface area contributed by atoms with E-state index in [1.54, 1.807) is 24.3 Å². The van der Waals surface area contributed by atoms with E-state index in [4.69, 9.17) is 4.84 Å². The van der Waals surface area contributed by atoms with E-state index < -0.39 is 0 Å². The molecule has 0 spiro atoms. The average molecular weight is 261 g/mol. The van der Waals surface area contributed by atoms with Crippen LogP contribution >= 0.6 is 0 Å². The van der Waals surface area contributed by atoms with Crippen LogP contribution in [0.5, 0.6) is 0 Å². The molecule has 0 N–H and O–H groups in total. The molecule has 0 saturated heterocycles. The molecular formula is C15H13F2NO. The van der Waals surface area contributed by atoms with E-state index in [0.29, 0.717) is 12.1 Å². The van der Waals surface area contributed by atoms with E-state index in [1.807, 2.05) is 0 Å². The van der Waals surface area contributed by atoms with E-state index in [0.717, 1.165) is 11.1 Å². The normalized spacial score (nSPS) is 11.4. The van der Waals surface area contributed by atoms with Gasteiger partial charge in [-0.15, -0.1) is 0 Å². The molecule has 0 aliphatic heterocycles. The van der Waals surface area contributed by atoms with Crippen molar-refractivity contribution in [1.29, 1.82) is 0 Å². The highest BCUT2D eigenvalue weighted by Gasteiger charge is 2.07. The molecule has 98 valence electrons. The first-order valence-electron chi connectivity index (χ1n) is 5.79. The van der Waals surface area contributed by atoms with Crippen LogP contribution < -0.4 is 0 Å². The molecule has 2 aromatic rings. The van der Waals surface area contributed by atoms with Gasteiger partial charge in [0.1, 0.15) is 18.7 Å². The first-order valence-corrected chi connectivity index (χ1v) is 5.79. The number of oxime groups is 1. The van der Waals surface area contributed by atoms with E-state index in [1.165, 1.54) is 31.4 Å². The Morgan fingerprint density at radius 3 is 2.00 bits per heavy atom. The predicted molar refractivity (Wildman–Crippen MR) is 70.1 cm³/mol. The van der Waals surface area contributed by atoms with E-state index in [2.05, 4.69) is 5.16 Å².